The first-order chi connectivity index (χ1) is 10.5. The molecule has 0 bridgehead atoms. The summed E-state index contributed by atoms with van der Waals surface area (Å²) in [7, 11) is 0. The highest BCUT2D eigenvalue weighted by Crippen LogP contribution is 2.34. The molecule has 0 aromatic carbocycles. The van der Waals surface area contributed by atoms with E-state index in [1.165, 1.54) is 0 Å². The van der Waals surface area contributed by atoms with Gasteiger partial charge in [-0.2, -0.15) is 5.10 Å². The van der Waals surface area contributed by atoms with Crippen molar-refractivity contribution >= 4 is 11.5 Å². The molecule has 1 aromatic rings. The van der Waals surface area contributed by atoms with Crippen molar-refractivity contribution in [3.05, 3.63) is 40.0 Å². The fourth-order valence-electron chi connectivity index (χ4n) is 1.73. The summed E-state index contributed by atoms with van der Waals surface area (Å²) in [6, 6.07) is 0. The lowest BCUT2D eigenvalue weighted by molar-refractivity contribution is 0.705. The maximum Gasteiger partial charge on any atom is 0.314 e. The van der Waals surface area contributed by atoms with E-state index in [9.17, 15) is 0 Å². The fourth-order valence-corrected chi connectivity index (χ4v) is 1.73. The van der Waals surface area contributed by atoms with Crippen LogP contribution in [-0.4, -0.2) is 16.7 Å². The maximum absolute atomic E-state index is 7.24. The molecule has 7 heteroatoms. The van der Waals surface area contributed by atoms with Crippen LogP contribution in [-0.2, 0) is 0 Å². The Bertz CT molecular complexity index is 638. The van der Waals surface area contributed by atoms with Crippen molar-refractivity contribution in [2.45, 2.75) is 46.5 Å². The van der Waals surface area contributed by atoms with Gasteiger partial charge in [-0.25, -0.2) is 4.85 Å². The Labute approximate surface area is 131 Å². The molecule has 0 saturated heterocycles. The van der Waals surface area contributed by atoms with Crippen molar-refractivity contribution in [2.75, 3.05) is 6.54 Å². The van der Waals surface area contributed by atoms with Crippen LogP contribution in [0.5, 0.6) is 0 Å². The van der Waals surface area contributed by atoms with E-state index in [2.05, 4.69) is 42.4 Å². The zero-order valence-corrected chi connectivity index (χ0v) is 13.4. The van der Waals surface area contributed by atoms with Crippen molar-refractivity contribution in [3.63, 3.8) is 0 Å². The Morgan fingerprint density at radius 3 is 2.68 bits per heavy atom. The lowest BCUT2D eigenvalue weighted by Crippen LogP contribution is -2.13. The van der Waals surface area contributed by atoms with Gasteiger partial charge in [0.05, 0.1) is 6.57 Å². The van der Waals surface area contributed by atoms with E-state index in [0.717, 1.165) is 25.1 Å². The summed E-state index contributed by atoms with van der Waals surface area (Å²) in [5.74, 6) is 0.552. The minimum atomic E-state index is 0.147. The number of unbranched alkanes of at least 4 members (excludes halogenated alkanes) is 1. The number of azo groups is 1. The van der Waals surface area contributed by atoms with Crippen LogP contribution in [0.1, 0.15) is 52.1 Å². The van der Waals surface area contributed by atoms with Gasteiger partial charge < -0.3 is 10.2 Å². The number of aromatic nitrogens is 2. The van der Waals surface area contributed by atoms with E-state index in [0.29, 0.717) is 11.4 Å². The van der Waals surface area contributed by atoms with E-state index in [-0.39, 0.29) is 17.6 Å². The second-order valence-corrected chi connectivity index (χ2v) is 5.12. The summed E-state index contributed by atoms with van der Waals surface area (Å²) in [6.07, 6.45) is 2.10. The molecule has 116 valence electrons. The van der Waals surface area contributed by atoms with E-state index in [1.807, 2.05) is 13.8 Å². The zero-order valence-electron chi connectivity index (χ0n) is 13.4. The Morgan fingerprint density at radius 1 is 1.41 bits per heavy atom. The van der Waals surface area contributed by atoms with Crippen molar-refractivity contribution in [3.8, 4) is 0 Å². The molecular formula is C15H21N7. The standard InChI is InChI=1S/C15H21N7/c1-7-8-9-18-11(4)14(17-6)20-22-15-13(16-5)12(10(2)3)19-21-15/h10,18H,7-9H2,1-4H3,(H,19,21)/b14-11-,22-20+. The molecule has 0 radical (unpaired) electrons. The zero-order chi connectivity index (χ0) is 16.5. The van der Waals surface area contributed by atoms with E-state index >= 15 is 0 Å². The second-order valence-electron chi connectivity index (χ2n) is 5.12. The van der Waals surface area contributed by atoms with Gasteiger partial charge in [0.15, 0.2) is 0 Å². The molecule has 1 aromatic heterocycles. The quantitative estimate of drug-likeness (QED) is 0.436. The Morgan fingerprint density at radius 2 is 2.14 bits per heavy atom. The summed E-state index contributed by atoms with van der Waals surface area (Å²) in [5.41, 5.74) is 1.77. The van der Waals surface area contributed by atoms with Crippen LogP contribution >= 0.6 is 0 Å². The van der Waals surface area contributed by atoms with Gasteiger partial charge in [0.25, 0.3) is 5.69 Å². The monoisotopic (exact) mass is 299 g/mol. The lowest BCUT2D eigenvalue weighted by atomic mass is 10.1. The number of aromatic amines is 1. The average molecular weight is 299 g/mol. The molecule has 0 aliphatic carbocycles. The number of nitrogens with one attached hydrogen (secondary N) is 2. The van der Waals surface area contributed by atoms with Gasteiger partial charge in [0, 0.05) is 23.0 Å². The molecule has 0 aliphatic heterocycles. The molecule has 0 spiro atoms. The summed E-state index contributed by atoms with van der Waals surface area (Å²) >= 11 is 0. The third-order valence-electron chi connectivity index (χ3n) is 3.04. The first kappa shape index (κ1) is 17.4. The molecule has 0 atom stereocenters. The van der Waals surface area contributed by atoms with Gasteiger partial charge in [-0.15, -0.1) is 0 Å². The first-order valence-corrected chi connectivity index (χ1v) is 7.24. The summed E-state index contributed by atoms with van der Waals surface area (Å²) < 4.78 is 0. The third kappa shape index (κ3) is 4.42. The third-order valence-corrected chi connectivity index (χ3v) is 3.04. The number of rotatable bonds is 7. The molecule has 1 heterocycles. The fraction of sp³-hybridized carbons (Fsp3) is 0.533. The molecule has 0 saturated carbocycles. The van der Waals surface area contributed by atoms with Crippen LogP contribution in [0.15, 0.2) is 21.7 Å². The minimum Gasteiger partial charge on any atom is -0.396 e. The van der Waals surface area contributed by atoms with Crippen molar-refractivity contribution in [2.24, 2.45) is 10.2 Å². The molecule has 7 nitrogen and oxygen atoms in total. The number of allylic oxidation sites excluding steroid dienone is 1. The molecule has 0 aliphatic rings. The van der Waals surface area contributed by atoms with E-state index in [4.69, 9.17) is 13.1 Å². The minimum absolute atomic E-state index is 0.147. The van der Waals surface area contributed by atoms with E-state index < -0.39 is 0 Å². The largest absolute Gasteiger partial charge is 0.396 e. The molecule has 1 rings (SSSR count). The van der Waals surface area contributed by atoms with Crippen LogP contribution in [0.2, 0.25) is 0 Å². The number of hydrogen-bond donors (Lipinski definition) is 2. The van der Waals surface area contributed by atoms with Gasteiger partial charge in [0.2, 0.25) is 5.82 Å². The highest BCUT2D eigenvalue weighted by molar-refractivity contribution is 5.65. The van der Waals surface area contributed by atoms with Gasteiger partial charge in [-0.05, 0) is 24.4 Å². The lowest BCUT2D eigenvalue weighted by Gasteiger charge is -2.04. The molecule has 0 amide bonds. The van der Waals surface area contributed by atoms with Crippen LogP contribution in [0, 0.1) is 13.1 Å². The number of nitrogens with zero attached hydrogens (tertiary/aromatic N) is 5. The van der Waals surface area contributed by atoms with Gasteiger partial charge in [-0.1, -0.05) is 33.8 Å². The predicted molar refractivity (Wildman–Crippen MR) is 85.7 cm³/mol. The molecule has 22 heavy (non-hydrogen) atoms. The highest BCUT2D eigenvalue weighted by atomic mass is 15.3. The van der Waals surface area contributed by atoms with Gasteiger partial charge in [0.1, 0.15) is 0 Å². The van der Waals surface area contributed by atoms with Crippen molar-refractivity contribution in [1.82, 2.24) is 15.5 Å². The highest BCUT2D eigenvalue weighted by Gasteiger charge is 2.17. The maximum atomic E-state index is 7.24. The van der Waals surface area contributed by atoms with Crippen LogP contribution in [0.25, 0.3) is 9.69 Å². The SMILES string of the molecule is [C-]#[N+]C(/N=N/c1n[nH]c(C(C)C)c1[N+]#[C-])=C(\C)NCCCC. The second kappa shape index (κ2) is 8.58. The Kier molecular flexibility index (Phi) is 6.78. The molecule has 0 unspecified atom stereocenters. The van der Waals surface area contributed by atoms with E-state index in [1.54, 1.807) is 6.92 Å². The van der Waals surface area contributed by atoms with Crippen LogP contribution < -0.4 is 5.32 Å². The van der Waals surface area contributed by atoms with Gasteiger partial charge in [-0.3, -0.25) is 5.10 Å². The topological polar surface area (TPSA) is 74.1 Å². The van der Waals surface area contributed by atoms with Crippen molar-refractivity contribution in [1.29, 1.82) is 0 Å². The normalized spacial score (nSPS) is 12.1. The average Bonchev–Trinajstić information content (AvgIpc) is 2.91. The molecule has 0 fully saturated rings. The number of H-pyrrole nitrogens is 1. The van der Waals surface area contributed by atoms with Gasteiger partial charge >= 0.3 is 5.82 Å². The smallest absolute Gasteiger partial charge is 0.314 e. The van der Waals surface area contributed by atoms with Crippen molar-refractivity contribution < 1.29 is 0 Å². The van der Waals surface area contributed by atoms with Crippen LogP contribution in [0.3, 0.4) is 0 Å². The first-order valence-electron chi connectivity index (χ1n) is 7.24. The molecule has 2 N–H and O–H groups in total. The molecular weight excluding hydrogens is 278 g/mol. The Balaban J connectivity index is 2.97. The Hall–Kier alpha value is -2.67. The number of hydrogen-bond acceptors (Lipinski definition) is 4. The van der Waals surface area contributed by atoms with Crippen LogP contribution in [0.4, 0.5) is 11.5 Å². The summed E-state index contributed by atoms with van der Waals surface area (Å²) in [4.78, 5) is 6.82. The predicted octanol–water partition coefficient (Wildman–Crippen LogP) is 4.67. The summed E-state index contributed by atoms with van der Waals surface area (Å²) in [5, 5.41) is 17.9. The summed E-state index contributed by atoms with van der Waals surface area (Å²) in [6.45, 7) is 23.1.